The molecular formula is C73H89F3N16O39S9. The van der Waals surface area contributed by atoms with E-state index in [2.05, 4.69) is 80.1 Å². The molecular weight excluding hydrogens is 2070 g/mol. The Morgan fingerprint density at radius 3 is 1.49 bits per heavy atom. The zero-order valence-corrected chi connectivity index (χ0v) is 81.0. The van der Waals surface area contributed by atoms with Gasteiger partial charge in [-0.15, -0.1) is 145 Å². The number of thioether (sulfide) groups is 2. The van der Waals surface area contributed by atoms with Crippen LogP contribution in [0, 0.1) is 132 Å². The minimum atomic E-state index is -4.62. The number of rotatable bonds is 44. The number of benzene rings is 4. The number of para-hydroxylation sites is 2. The second-order valence-electron chi connectivity index (χ2n) is 27.5. The molecule has 3 fully saturated rings. The van der Waals surface area contributed by atoms with Crippen molar-refractivity contribution < 1.29 is 151 Å². The van der Waals surface area contributed by atoms with Crippen LogP contribution in [0.1, 0.15) is 156 Å². The molecule has 770 valence electrons. The molecule has 10 unspecified atom stereocenters. The summed E-state index contributed by atoms with van der Waals surface area (Å²) >= 11 is 5.23. The maximum absolute atomic E-state index is 12.5. The molecule has 4 aromatic carbocycles. The summed E-state index contributed by atoms with van der Waals surface area (Å²) < 4.78 is 46.9. The number of alkyl halides is 3. The summed E-state index contributed by atoms with van der Waals surface area (Å²) in [6.07, 6.45) is -7.94. The van der Waals surface area contributed by atoms with Crippen LogP contribution in [0.25, 0.3) is 0 Å². The largest absolute Gasteiger partial charge is 0.434 e. The molecule has 7 aromatic rings. The number of carbonyl (C=O) groups is 4. The lowest BCUT2D eigenvalue weighted by molar-refractivity contribution is -0.789. The van der Waals surface area contributed by atoms with Crippen molar-refractivity contribution in [1.82, 2.24) is 24.8 Å². The number of carbonyl (C=O) groups excluding carboxylic acids is 4. The van der Waals surface area contributed by atoms with Gasteiger partial charge in [0.2, 0.25) is 10.2 Å². The van der Waals surface area contributed by atoms with E-state index < -0.39 is 140 Å². The van der Waals surface area contributed by atoms with Crippen LogP contribution in [0.4, 0.5) is 13.2 Å². The fraction of sp³-hybridized carbons (Fsp3) is 0.493. The minimum absolute atomic E-state index is 0. The Hall–Kier alpha value is -12.9. The van der Waals surface area contributed by atoms with Crippen molar-refractivity contribution in [3.8, 4) is 11.5 Å². The SMILES string of the molecule is C.CC(=O)Oc1ccccc1C(=O)Sc1cccc(CO[N+](=O)[O-])c1.CC(=O)Oc1ccccc1C(=O)Sc1ccccc1CO[N+](=O)[O-].CC(CC1CC(C(CO[N+](=O)[O-])O[N+](=O)[O-])SS1)O[N+](=O)[O-].CC(O[N+](=O)[O-])C1CC(C(CO[N+](=O)[O-])O[N+](=O)[O-])SS1.CC(O[N+](=O)[O-])c1scnc1C(F)(F)F.CCCN1CCN(CCO[N+](=O)[O-])CC1.Cc1csc(C(O[N+](=O)[O-])c2sc(C)nc2C)n1. The third kappa shape index (κ3) is 48.1. The van der Waals surface area contributed by atoms with Gasteiger partial charge >= 0.3 is 18.1 Å². The lowest BCUT2D eigenvalue weighted by Gasteiger charge is -2.34. The zero-order valence-electron chi connectivity index (χ0n) is 73.7. The van der Waals surface area contributed by atoms with Crippen LogP contribution in [0.5, 0.6) is 11.5 Å². The molecule has 0 saturated carbocycles. The molecule has 0 spiro atoms. The van der Waals surface area contributed by atoms with Gasteiger partial charge in [-0.25, -0.2) is 15.0 Å². The number of esters is 2. The van der Waals surface area contributed by atoms with Crippen LogP contribution in [0.3, 0.4) is 0 Å². The van der Waals surface area contributed by atoms with Gasteiger partial charge < -0.3 is 62.7 Å². The van der Waals surface area contributed by atoms with Crippen molar-refractivity contribution in [3.05, 3.63) is 278 Å². The Bertz CT molecular complexity index is 5250. The Morgan fingerprint density at radius 2 is 1.01 bits per heavy atom. The molecule has 55 nitrogen and oxygen atoms in total. The molecule has 0 aliphatic carbocycles. The first-order valence-corrected chi connectivity index (χ1v) is 48.1. The lowest BCUT2D eigenvalue weighted by atomic mass is 10.1. The van der Waals surface area contributed by atoms with Crippen molar-refractivity contribution >= 4 is 123 Å². The van der Waals surface area contributed by atoms with Gasteiger partial charge in [-0.05, 0) is 151 Å². The fourth-order valence-electron chi connectivity index (χ4n) is 11.5. The standard InChI is InChI=1S/2C16H13NO6S.C10H11N3O3S2.C9H19N3O3.C8H13N3O9S2.C7H11N3O9S2.C6H5F3N2O3S.CH4/c1-11(18)23-14-8-4-3-7-13(14)16(19)24-15-9-5-2-6-12(15)10-22-17(20)21;1-11(18)23-15-8-3-2-7-14(15)16(19)24-13-6-4-5-12(9-13)10-22-17(20)21;1-5-4-17-10(11-5)8(16-13(14)15)9-6(2)12-7(3)18-9;1-2-3-10-4-6-11(7-5-10)8-9-15-12(13)14;1-5(19-10(14)15)2-6-3-8(22-21-6)7(20-11(16)17)4-18-9(12)13;1-4(18-9(13)14)6-2-7(21-20-6)5(19-10(15)16)3-17-8(11)12;1-3(14-11(12)13)4-5(6(7,8)9)10-2-15-4;/h2*2-9H,10H2,1H3;4,8H,1-3H3;2-9H2,1H3;5-8H,2-4H2,1H3;4-7H,2-3H2,1H3;2-3H,1H3;1H4. The number of thiazole rings is 3. The number of hydrogen-bond donors (Lipinski definition) is 0. The molecule has 67 heteroatoms. The van der Waals surface area contributed by atoms with Gasteiger partial charge in [-0.1, -0.05) is 112 Å². The summed E-state index contributed by atoms with van der Waals surface area (Å²) in [5.74, 6) is -0.684. The summed E-state index contributed by atoms with van der Waals surface area (Å²) in [7, 11) is 5.09. The van der Waals surface area contributed by atoms with E-state index in [0.29, 0.717) is 63.1 Å². The minimum Gasteiger partial charge on any atom is -0.426 e. The molecule has 10 rings (SSSR count). The van der Waals surface area contributed by atoms with Crippen molar-refractivity contribution in [2.45, 2.75) is 182 Å². The van der Waals surface area contributed by atoms with E-state index in [0.717, 1.165) is 90.0 Å². The first-order chi connectivity index (χ1) is 65.5. The number of aromatic nitrogens is 3. The van der Waals surface area contributed by atoms with E-state index in [1.165, 1.54) is 105 Å². The average Bonchev–Trinajstić information content (AvgIpc) is 1.45. The molecule has 3 aliphatic rings. The van der Waals surface area contributed by atoms with Crippen molar-refractivity contribution in [2.24, 2.45) is 0 Å². The monoisotopic (exact) mass is 2160 g/mol. The third-order valence-electron chi connectivity index (χ3n) is 17.2. The molecule has 3 saturated heterocycles. The summed E-state index contributed by atoms with van der Waals surface area (Å²) in [4.78, 5) is 225. The topological polar surface area (TPSA) is 708 Å². The number of aryl methyl sites for hydroxylation is 3. The van der Waals surface area contributed by atoms with E-state index >= 15 is 0 Å². The maximum Gasteiger partial charge on any atom is 0.434 e. The quantitative estimate of drug-likeness (QED) is 0.00854. The highest BCUT2D eigenvalue weighted by atomic mass is 33.1. The first-order valence-electron chi connectivity index (χ1n) is 39.4. The molecule has 10 atom stereocenters. The maximum atomic E-state index is 12.5. The van der Waals surface area contributed by atoms with Gasteiger partial charge in [-0.2, -0.15) is 13.2 Å². The van der Waals surface area contributed by atoms with E-state index in [9.17, 15) is 144 Å². The van der Waals surface area contributed by atoms with Crippen LogP contribution < -0.4 is 9.47 Å². The van der Waals surface area contributed by atoms with Crippen molar-refractivity contribution in [2.75, 3.05) is 59.1 Å². The Morgan fingerprint density at radius 1 is 0.521 bits per heavy atom. The highest BCUT2D eigenvalue weighted by Crippen LogP contribution is 2.49. The van der Waals surface area contributed by atoms with Crippen LogP contribution in [-0.4, -0.2) is 207 Å². The number of hydrogen-bond acceptors (Lipinski definition) is 53. The Labute approximate surface area is 824 Å². The highest BCUT2D eigenvalue weighted by Gasteiger charge is 2.41. The van der Waals surface area contributed by atoms with Crippen LogP contribution >= 0.6 is 101 Å². The van der Waals surface area contributed by atoms with Gasteiger partial charge in [-0.3, -0.25) is 28.9 Å². The van der Waals surface area contributed by atoms with Gasteiger partial charge in [0, 0.05) is 88.4 Å². The van der Waals surface area contributed by atoms with E-state index in [1.54, 1.807) is 91.9 Å². The van der Waals surface area contributed by atoms with E-state index in [1.807, 2.05) is 26.2 Å². The predicted octanol–water partition coefficient (Wildman–Crippen LogP) is 14.8. The molecule has 6 heterocycles. The zero-order chi connectivity index (χ0) is 104. The number of nitrogens with zero attached hydrogens (tertiary/aromatic N) is 16. The Kier molecular flexibility index (Phi) is 54.5. The van der Waals surface area contributed by atoms with E-state index in [-0.39, 0.29) is 75.5 Å². The molecule has 140 heavy (non-hydrogen) atoms. The molecule has 0 radical (unpaired) electrons. The van der Waals surface area contributed by atoms with Gasteiger partial charge in [0.1, 0.15) is 80.1 Å². The molecule has 0 N–H and O–H groups in total. The van der Waals surface area contributed by atoms with Gasteiger partial charge in [0.05, 0.1) is 37.1 Å². The number of ether oxygens (including phenoxy) is 2. The van der Waals surface area contributed by atoms with E-state index in [4.69, 9.17) is 14.3 Å². The van der Waals surface area contributed by atoms with Crippen molar-refractivity contribution in [3.63, 3.8) is 0 Å². The summed E-state index contributed by atoms with van der Waals surface area (Å²) in [6, 6.07) is 26.2. The fourth-order valence-corrected chi connectivity index (χ4v) is 23.1. The molecule has 3 aliphatic heterocycles. The Balaban J connectivity index is 0.000000422. The van der Waals surface area contributed by atoms with Crippen LogP contribution in [0.2, 0.25) is 0 Å². The van der Waals surface area contributed by atoms with Gasteiger partial charge in [0.25, 0.3) is 56.0 Å². The number of piperazine rings is 1. The normalized spacial score (nSPS) is 15.8. The summed E-state index contributed by atoms with van der Waals surface area (Å²) in [5, 5.41) is 104. The second-order valence-corrected chi connectivity index (χ2v) is 38.1. The molecule has 0 amide bonds. The smallest absolute Gasteiger partial charge is 0.426 e. The van der Waals surface area contributed by atoms with Crippen LogP contribution in [0.15, 0.2) is 118 Å². The first kappa shape index (κ1) is 121. The second kappa shape index (κ2) is 62.9. The van der Waals surface area contributed by atoms with Crippen LogP contribution in [-0.2, 0) is 82.2 Å². The van der Waals surface area contributed by atoms with Gasteiger partial charge in [0.15, 0.2) is 11.8 Å². The average molecular weight is 2160 g/mol. The number of halogens is 3. The molecule has 3 aromatic heterocycles. The lowest BCUT2D eigenvalue weighted by Crippen LogP contribution is -2.47. The summed E-state index contributed by atoms with van der Waals surface area (Å²) in [6.45, 7) is 18.9. The molecule has 0 bridgehead atoms. The third-order valence-corrected chi connectivity index (χ3v) is 29.1. The highest BCUT2D eigenvalue weighted by molar-refractivity contribution is 8.78. The summed E-state index contributed by atoms with van der Waals surface area (Å²) in [5.41, 5.74) is 2.99. The van der Waals surface area contributed by atoms with Crippen molar-refractivity contribution in [1.29, 1.82) is 0 Å². The predicted molar refractivity (Wildman–Crippen MR) is 491 cm³/mol.